The SMILES string of the molecule is CC(CCC(=O)Nc1n[nH]c2c1COCC2)c1ccccc1. The topological polar surface area (TPSA) is 67.0 Å². The molecule has 2 heterocycles. The van der Waals surface area contributed by atoms with Gasteiger partial charge in [-0.05, 0) is 17.9 Å². The molecule has 5 nitrogen and oxygen atoms in total. The third kappa shape index (κ3) is 3.36. The van der Waals surface area contributed by atoms with E-state index in [-0.39, 0.29) is 5.91 Å². The quantitative estimate of drug-likeness (QED) is 0.892. The molecule has 0 spiro atoms. The van der Waals surface area contributed by atoms with E-state index >= 15 is 0 Å². The maximum Gasteiger partial charge on any atom is 0.225 e. The Bertz CT molecular complexity index is 637. The zero-order valence-electron chi connectivity index (χ0n) is 12.8. The lowest BCUT2D eigenvalue weighted by molar-refractivity contribution is -0.116. The van der Waals surface area contributed by atoms with Gasteiger partial charge in [0.2, 0.25) is 5.91 Å². The van der Waals surface area contributed by atoms with Crippen LogP contribution in [-0.4, -0.2) is 22.7 Å². The maximum atomic E-state index is 12.1. The summed E-state index contributed by atoms with van der Waals surface area (Å²) in [7, 11) is 0. The summed E-state index contributed by atoms with van der Waals surface area (Å²) in [6.45, 7) is 3.37. The second kappa shape index (κ2) is 6.75. The number of H-pyrrole nitrogens is 1. The molecule has 2 N–H and O–H groups in total. The number of carbonyl (C=O) groups excluding carboxylic acids is 1. The van der Waals surface area contributed by atoms with E-state index in [2.05, 4.69) is 34.6 Å². The number of nitrogens with one attached hydrogen (secondary N) is 2. The summed E-state index contributed by atoms with van der Waals surface area (Å²) in [6.07, 6.45) is 2.13. The fourth-order valence-corrected chi connectivity index (χ4v) is 2.71. The van der Waals surface area contributed by atoms with Gasteiger partial charge < -0.3 is 10.1 Å². The van der Waals surface area contributed by atoms with E-state index < -0.39 is 0 Å². The van der Waals surface area contributed by atoms with E-state index in [0.29, 0.717) is 31.4 Å². The van der Waals surface area contributed by atoms with E-state index in [1.54, 1.807) is 0 Å². The van der Waals surface area contributed by atoms with Crippen LogP contribution in [0.2, 0.25) is 0 Å². The van der Waals surface area contributed by atoms with Crippen molar-refractivity contribution in [3.05, 3.63) is 47.2 Å². The molecule has 22 heavy (non-hydrogen) atoms. The van der Waals surface area contributed by atoms with Crippen LogP contribution in [0.15, 0.2) is 30.3 Å². The summed E-state index contributed by atoms with van der Waals surface area (Å²) in [5.41, 5.74) is 3.32. The molecule has 0 radical (unpaired) electrons. The third-order valence-electron chi connectivity index (χ3n) is 4.13. The molecule has 1 aromatic heterocycles. The number of nitrogens with zero attached hydrogens (tertiary/aromatic N) is 1. The molecule has 1 aromatic carbocycles. The highest BCUT2D eigenvalue weighted by atomic mass is 16.5. The van der Waals surface area contributed by atoms with E-state index in [1.165, 1.54) is 5.56 Å². The van der Waals surface area contributed by atoms with Crippen LogP contribution >= 0.6 is 0 Å². The Morgan fingerprint density at radius 1 is 1.41 bits per heavy atom. The van der Waals surface area contributed by atoms with Crippen LogP contribution in [0.5, 0.6) is 0 Å². The molecule has 0 saturated heterocycles. The molecule has 3 rings (SSSR count). The zero-order valence-corrected chi connectivity index (χ0v) is 12.8. The number of amides is 1. The molecule has 0 saturated carbocycles. The molecule has 1 aliphatic rings. The van der Waals surface area contributed by atoms with Gasteiger partial charge in [0.15, 0.2) is 5.82 Å². The van der Waals surface area contributed by atoms with Crippen LogP contribution in [0.4, 0.5) is 5.82 Å². The lowest BCUT2D eigenvalue weighted by Crippen LogP contribution is -2.15. The predicted octanol–water partition coefficient (Wildman–Crippen LogP) is 3.00. The van der Waals surface area contributed by atoms with Crippen molar-refractivity contribution in [2.24, 2.45) is 0 Å². The minimum absolute atomic E-state index is 0.00246. The maximum absolute atomic E-state index is 12.1. The van der Waals surface area contributed by atoms with E-state index in [1.807, 2.05) is 18.2 Å². The number of aromatic amines is 1. The van der Waals surface area contributed by atoms with Gasteiger partial charge in [-0.15, -0.1) is 0 Å². The number of hydrogen-bond acceptors (Lipinski definition) is 3. The zero-order chi connectivity index (χ0) is 15.4. The predicted molar refractivity (Wildman–Crippen MR) is 84.7 cm³/mol. The minimum Gasteiger partial charge on any atom is -0.376 e. The van der Waals surface area contributed by atoms with Crippen LogP contribution in [0.3, 0.4) is 0 Å². The number of fused-ring (bicyclic) bond motifs is 1. The standard InChI is InChI=1S/C17H21N3O2/c1-12(13-5-3-2-4-6-13)7-8-16(21)18-17-14-11-22-10-9-15(14)19-20-17/h2-6,12H,7-11H2,1H3,(H2,18,19,20,21). The van der Waals surface area contributed by atoms with Gasteiger partial charge in [0.1, 0.15) is 0 Å². The number of benzene rings is 1. The fraction of sp³-hybridized carbons (Fsp3) is 0.412. The Morgan fingerprint density at radius 2 is 2.23 bits per heavy atom. The van der Waals surface area contributed by atoms with Crippen LogP contribution in [0.25, 0.3) is 0 Å². The van der Waals surface area contributed by atoms with Crippen molar-refractivity contribution in [1.29, 1.82) is 0 Å². The van der Waals surface area contributed by atoms with Crippen LogP contribution in [-0.2, 0) is 22.6 Å². The first-order chi connectivity index (χ1) is 10.7. The molecule has 0 aliphatic carbocycles. The van der Waals surface area contributed by atoms with Crippen molar-refractivity contribution in [3.8, 4) is 0 Å². The van der Waals surface area contributed by atoms with Gasteiger partial charge in [0.25, 0.3) is 0 Å². The smallest absolute Gasteiger partial charge is 0.225 e. The highest BCUT2D eigenvalue weighted by Gasteiger charge is 2.19. The summed E-state index contributed by atoms with van der Waals surface area (Å²) in [4.78, 5) is 12.1. The lowest BCUT2D eigenvalue weighted by atomic mass is 9.96. The molecule has 116 valence electrons. The second-order valence-corrected chi connectivity index (χ2v) is 5.73. The minimum atomic E-state index is 0.00246. The van der Waals surface area contributed by atoms with Gasteiger partial charge in [-0.3, -0.25) is 9.89 Å². The molecule has 1 unspecified atom stereocenters. The van der Waals surface area contributed by atoms with Gasteiger partial charge in [0, 0.05) is 24.1 Å². The van der Waals surface area contributed by atoms with Gasteiger partial charge in [-0.2, -0.15) is 5.10 Å². The van der Waals surface area contributed by atoms with Crippen molar-refractivity contribution >= 4 is 11.7 Å². The first-order valence-electron chi connectivity index (χ1n) is 7.72. The van der Waals surface area contributed by atoms with Gasteiger partial charge in [0.05, 0.1) is 13.2 Å². The van der Waals surface area contributed by atoms with Crippen LogP contribution < -0.4 is 5.32 Å². The molecule has 2 aromatic rings. The number of ether oxygens (including phenoxy) is 1. The molecule has 1 aliphatic heterocycles. The average Bonchev–Trinajstić information content (AvgIpc) is 2.97. The molecule has 1 amide bonds. The highest BCUT2D eigenvalue weighted by molar-refractivity contribution is 5.90. The number of hydrogen-bond donors (Lipinski definition) is 2. The molecule has 0 fully saturated rings. The number of anilines is 1. The highest BCUT2D eigenvalue weighted by Crippen LogP contribution is 2.23. The van der Waals surface area contributed by atoms with Crippen molar-refractivity contribution in [2.45, 2.75) is 38.7 Å². The first kappa shape index (κ1) is 14.8. The molecular formula is C17H21N3O2. The second-order valence-electron chi connectivity index (χ2n) is 5.73. The molecule has 5 heteroatoms. The Kier molecular flexibility index (Phi) is 4.53. The molecule has 0 bridgehead atoms. The van der Waals surface area contributed by atoms with Gasteiger partial charge in [-0.1, -0.05) is 37.3 Å². The van der Waals surface area contributed by atoms with Gasteiger partial charge in [-0.25, -0.2) is 0 Å². The monoisotopic (exact) mass is 299 g/mol. The molecular weight excluding hydrogens is 278 g/mol. The summed E-state index contributed by atoms with van der Waals surface area (Å²) >= 11 is 0. The number of rotatable bonds is 5. The average molecular weight is 299 g/mol. The number of carbonyl (C=O) groups is 1. The first-order valence-corrected chi connectivity index (χ1v) is 7.72. The van der Waals surface area contributed by atoms with Crippen molar-refractivity contribution in [1.82, 2.24) is 10.2 Å². The van der Waals surface area contributed by atoms with Crippen molar-refractivity contribution < 1.29 is 9.53 Å². The fourth-order valence-electron chi connectivity index (χ4n) is 2.71. The van der Waals surface area contributed by atoms with E-state index in [9.17, 15) is 4.79 Å². The normalized spacial score (nSPS) is 15.1. The Balaban J connectivity index is 1.54. The summed E-state index contributed by atoms with van der Waals surface area (Å²) in [5, 5.41) is 10.1. The van der Waals surface area contributed by atoms with E-state index in [4.69, 9.17) is 4.74 Å². The summed E-state index contributed by atoms with van der Waals surface area (Å²) in [6, 6.07) is 10.3. The largest absolute Gasteiger partial charge is 0.376 e. The Labute approximate surface area is 130 Å². The van der Waals surface area contributed by atoms with E-state index in [0.717, 1.165) is 24.1 Å². The summed E-state index contributed by atoms with van der Waals surface area (Å²) in [5.74, 6) is 0.984. The van der Waals surface area contributed by atoms with Crippen molar-refractivity contribution in [3.63, 3.8) is 0 Å². The molecule has 1 atom stereocenters. The summed E-state index contributed by atoms with van der Waals surface area (Å²) < 4.78 is 5.42. The lowest BCUT2D eigenvalue weighted by Gasteiger charge is -2.13. The van der Waals surface area contributed by atoms with Crippen LogP contribution in [0, 0.1) is 0 Å². The van der Waals surface area contributed by atoms with Crippen molar-refractivity contribution in [2.75, 3.05) is 11.9 Å². The number of aromatic nitrogens is 2. The Morgan fingerprint density at radius 3 is 3.05 bits per heavy atom. The Hall–Kier alpha value is -2.14. The third-order valence-corrected chi connectivity index (χ3v) is 4.13. The van der Waals surface area contributed by atoms with Crippen LogP contribution in [0.1, 0.15) is 42.5 Å². The van der Waals surface area contributed by atoms with Gasteiger partial charge >= 0.3 is 0 Å².